The van der Waals surface area contributed by atoms with Crippen molar-refractivity contribution in [3.8, 4) is 5.75 Å². The number of likely N-dealkylation sites (tertiary alicyclic amines) is 1. The maximum atomic E-state index is 12.2. The Morgan fingerprint density at radius 2 is 1.92 bits per heavy atom. The number of ether oxygens (including phenoxy) is 1. The second kappa shape index (κ2) is 8.67. The lowest BCUT2D eigenvalue weighted by Gasteiger charge is -2.33. The van der Waals surface area contributed by atoms with Gasteiger partial charge < -0.3 is 15.0 Å². The first-order valence-electron chi connectivity index (χ1n) is 8.96. The van der Waals surface area contributed by atoms with Gasteiger partial charge in [-0.1, -0.05) is 30.3 Å². The molecule has 2 aromatic rings. The minimum atomic E-state index is -0.0285. The highest BCUT2D eigenvalue weighted by atomic mass is 16.5. The molecule has 0 spiro atoms. The molecule has 1 atom stereocenters. The van der Waals surface area contributed by atoms with Crippen LogP contribution in [0.15, 0.2) is 54.6 Å². The van der Waals surface area contributed by atoms with E-state index >= 15 is 0 Å². The molecule has 0 unspecified atom stereocenters. The minimum absolute atomic E-state index is 0.0285. The maximum absolute atomic E-state index is 12.2. The van der Waals surface area contributed by atoms with E-state index in [0.717, 1.165) is 25.4 Å². The molecule has 0 bridgehead atoms. The summed E-state index contributed by atoms with van der Waals surface area (Å²) in [5, 5.41) is 3.02. The molecule has 25 heavy (non-hydrogen) atoms. The molecular weight excluding hydrogens is 312 g/mol. The van der Waals surface area contributed by atoms with E-state index in [9.17, 15) is 4.79 Å². The molecule has 1 aliphatic rings. The molecule has 4 heteroatoms. The first-order valence-corrected chi connectivity index (χ1v) is 8.96. The number of hydrogen-bond donors (Lipinski definition) is 1. The van der Waals surface area contributed by atoms with Crippen LogP contribution in [0.3, 0.4) is 0 Å². The van der Waals surface area contributed by atoms with E-state index in [-0.39, 0.29) is 5.91 Å². The number of nitrogens with zero attached hydrogens (tertiary/aromatic N) is 1. The monoisotopic (exact) mass is 338 g/mol. The van der Waals surface area contributed by atoms with Crippen LogP contribution in [-0.4, -0.2) is 44.1 Å². The molecule has 0 saturated carbocycles. The van der Waals surface area contributed by atoms with Gasteiger partial charge in [-0.2, -0.15) is 0 Å². The Morgan fingerprint density at radius 1 is 1.16 bits per heavy atom. The summed E-state index contributed by atoms with van der Waals surface area (Å²) >= 11 is 0. The number of amides is 1. The van der Waals surface area contributed by atoms with Crippen molar-refractivity contribution in [2.24, 2.45) is 0 Å². The zero-order valence-electron chi connectivity index (χ0n) is 14.8. The summed E-state index contributed by atoms with van der Waals surface area (Å²) in [7, 11) is 1.62. The second-order valence-electron chi connectivity index (χ2n) is 6.53. The zero-order valence-corrected chi connectivity index (χ0v) is 14.8. The predicted octanol–water partition coefficient (Wildman–Crippen LogP) is 3.30. The summed E-state index contributed by atoms with van der Waals surface area (Å²) in [6.07, 6.45) is 2.46. The SMILES string of the molecule is COc1ccc(C(=O)NCCN2CCC[C@H](c3ccccc3)C2)cc1. The van der Waals surface area contributed by atoms with Crippen LogP contribution in [0.5, 0.6) is 5.75 Å². The summed E-state index contributed by atoms with van der Waals surface area (Å²) in [6, 6.07) is 17.9. The largest absolute Gasteiger partial charge is 0.497 e. The van der Waals surface area contributed by atoms with E-state index in [0.29, 0.717) is 18.0 Å². The van der Waals surface area contributed by atoms with Crippen molar-refractivity contribution in [1.29, 1.82) is 0 Å². The molecule has 1 N–H and O–H groups in total. The fourth-order valence-electron chi connectivity index (χ4n) is 3.43. The van der Waals surface area contributed by atoms with E-state index in [1.54, 1.807) is 19.2 Å². The first kappa shape index (κ1) is 17.5. The number of piperidine rings is 1. The van der Waals surface area contributed by atoms with Crippen LogP contribution in [0.1, 0.15) is 34.7 Å². The lowest BCUT2D eigenvalue weighted by Crippen LogP contribution is -2.40. The van der Waals surface area contributed by atoms with Gasteiger partial charge >= 0.3 is 0 Å². The molecule has 4 nitrogen and oxygen atoms in total. The van der Waals surface area contributed by atoms with E-state index < -0.39 is 0 Å². The fraction of sp³-hybridized carbons (Fsp3) is 0.381. The zero-order chi connectivity index (χ0) is 17.5. The maximum Gasteiger partial charge on any atom is 0.251 e. The van der Waals surface area contributed by atoms with E-state index in [1.165, 1.54) is 18.4 Å². The summed E-state index contributed by atoms with van der Waals surface area (Å²) in [5.74, 6) is 1.34. The summed E-state index contributed by atoms with van der Waals surface area (Å²) in [5.41, 5.74) is 2.09. The highest BCUT2D eigenvalue weighted by Gasteiger charge is 2.20. The highest BCUT2D eigenvalue weighted by Crippen LogP contribution is 2.26. The standard InChI is InChI=1S/C21H26N2O2/c1-25-20-11-9-18(10-12-20)21(24)22-13-15-23-14-5-8-19(16-23)17-6-3-2-4-7-17/h2-4,6-7,9-12,19H,5,8,13-16H2,1H3,(H,22,24)/t19-/m0/s1. The Labute approximate surface area is 149 Å². The van der Waals surface area contributed by atoms with Gasteiger partial charge in [0.2, 0.25) is 0 Å². The van der Waals surface area contributed by atoms with Crippen molar-refractivity contribution in [3.63, 3.8) is 0 Å². The third-order valence-electron chi connectivity index (χ3n) is 4.84. The smallest absolute Gasteiger partial charge is 0.251 e. The van der Waals surface area contributed by atoms with Gasteiger partial charge in [0.05, 0.1) is 7.11 Å². The molecule has 1 aliphatic heterocycles. The van der Waals surface area contributed by atoms with Gasteiger partial charge in [0, 0.05) is 25.2 Å². The molecular formula is C21H26N2O2. The Morgan fingerprint density at radius 3 is 2.64 bits per heavy atom. The number of carbonyl (C=O) groups excluding carboxylic acids is 1. The molecule has 1 saturated heterocycles. The van der Waals surface area contributed by atoms with Crippen LogP contribution in [-0.2, 0) is 0 Å². The molecule has 0 aromatic heterocycles. The van der Waals surface area contributed by atoms with E-state index in [2.05, 4.69) is 40.5 Å². The lowest BCUT2D eigenvalue weighted by molar-refractivity contribution is 0.0945. The number of carbonyl (C=O) groups is 1. The van der Waals surface area contributed by atoms with Gasteiger partial charge in [-0.05, 0) is 55.1 Å². The van der Waals surface area contributed by atoms with Crippen LogP contribution in [0.25, 0.3) is 0 Å². The average molecular weight is 338 g/mol. The van der Waals surface area contributed by atoms with Gasteiger partial charge in [-0.25, -0.2) is 0 Å². The average Bonchev–Trinajstić information content (AvgIpc) is 2.69. The Balaban J connectivity index is 1.45. The van der Waals surface area contributed by atoms with Gasteiger partial charge in [0.25, 0.3) is 5.91 Å². The summed E-state index contributed by atoms with van der Waals surface area (Å²) in [4.78, 5) is 14.7. The molecule has 0 radical (unpaired) electrons. The van der Waals surface area contributed by atoms with Crippen molar-refractivity contribution in [2.45, 2.75) is 18.8 Å². The molecule has 3 rings (SSSR count). The van der Waals surface area contributed by atoms with Gasteiger partial charge in [-0.15, -0.1) is 0 Å². The third kappa shape index (κ3) is 4.83. The topological polar surface area (TPSA) is 41.6 Å². The Hall–Kier alpha value is -2.33. The normalized spacial score (nSPS) is 17.9. The molecule has 1 amide bonds. The Bertz CT molecular complexity index is 670. The van der Waals surface area contributed by atoms with Crippen LogP contribution in [0.2, 0.25) is 0 Å². The third-order valence-corrected chi connectivity index (χ3v) is 4.84. The van der Waals surface area contributed by atoms with Gasteiger partial charge in [-0.3, -0.25) is 4.79 Å². The number of rotatable bonds is 6. The van der Waals surface area contributed by atoms with Crippen LogP contribution in [0.4, 0.5) is 0 Å². The van der Waals surface area contributed by atoms with Crippen molar-refractivity contribution >= 4 is 5.91 Å². The quantitative estimate of drug-likeness (QED) is 0.879. The Kier molecular flexibility index (Phi) is 6.07. The van der Waals surface area contributed by atoms with E-state index in [1.807, 2.05) is 12.1 Å². The molecule has 132 valence electrons. The summed E-state index contributed by atoms with van der Waals surface area (Å²) < 4.78 is 5.12. The van der Waals surface area contributed by atoms with Crippen LogP contribution in [0, 0.1) is 0 Å². The first-order chi connectivity index (χ1) is 12.3. The van der Waals surface area contributed by atoms with Crippen molar-refractivity contribution in [2.75, 3.05) is 33.3 Å². The van der Waals surface area contributed by atoms with Gasteiger partial charge in [0.15, 0.2) is 0 Å². The van der Waals surface area contributed by atoms with Crippen molar-refractivity contribution in [3.05, 3.63) is 65.7 Å². The second-order valence-corrected chi connectivity index (χ2v) is 6.53. The van der Waals surface area contributed by atoms with Crippen LogP contribution < -0.4 is 10.1 Å². The number of hydrogen-bond acceptors (Lipinski definition) is 3. The predicted molar refractivity (Wildman–Crippen MR) is 100 cm³/mol. The van der Waals surface area contributed by atoms with Crippen molar-refractivity contribution in [1.82, 2.24) is 10.2 Å². The molecule has 2 aromatic carbocycles. The molecule has 0 aliphatic carbocycles. The fourth-order valence-corrected chi connectivity index (χ4v) is 3.43. The van der Waals surface area contributed by atoms with Crippen molar-refractivity contribution < 1.29 is 9.53 Å². The number of benzene rings is 2. The van der Waals surface area contributed by atoms with E-state index in [4.69, 9.17) is 4.74 Å². The summed E-state index contributed by atoms with van der Waals surface area (Å²) in [6.45, 7) is 3.75. The van der Waals surface area contributed by atoms with Gasteiger partial charge in [0.1, 0.15) is 5.75 Å². The molecule has 1 fully saturated rings. The number of nitrogens with one attached hydrogen (secondary N) is 1. The lowest BCUT2D eigenvalue weighted by atomic mass is 9.91. The number of methoxy groups -OCH3 is 1. The van der Waals surface area contributed by atoms with Crippen LogP contribution >= 0.6 is 0 Å². The highest BCUT2D eigenvalue weighted by molar-refractivity contribution is 5.94. The molecule has 1 heterocycles. The minimum Gasteiger partial charge on any atom is -0.497 e.